The van der Waals surface area contributed by atoms with Crippen molar-refractivity contribution < 1.29 is 13.2 Å². The zero-order valence-corrected chi connectivity index (χ0v) is 16.5. The smallest absolute Gasteiger partial charge is 0.254 e. The Hall–Kier alpha value is -2.85. The monoisotopic (exact) mass is 385 g/mol. The Kier molecular flexibility index (Phi) is 6.59. The second kappa shape index (κ2) is 8.69. The largest absolute Gasteiger partial charge is 0.334 e. The highest BCUT2D eigenvalue weighted by atomic mass is 32.2. The summed E-state index contributed by atoms with van der Waals surface area (Å²) in [5.41, 5.74) is 3.07. The molecule has 0 aliphatic rings. The van der Waals surface area contributed by atoms with E-state index >= 15 is 0 Å². The maximum atomic E-state index is 13.0. The van der Waals surface area contributed by atoms with Crippen LogP contribution in [0.25, 0.3) is 0 Å². The van der Waals surface area contributed by atoms with Gasteiger partial charge in [-0.15, -0.1) is 0 Å². The minimum Gasteiger partial charge on any atom is -0.334 e. The van der Waals surface area contributed by atoms with Crippen molar-refractivity contribution in [3.63, 3.8) is 0 Å². The fraction of sp³-hybridized carbons (Fsp3) is 0.300. The van der Waals surface area contributed by atoms with E-state index in [0.29, 0.717) is 29.9 Å². The van der Waals surface area contributed by atoms with Gasteiger partial charge in [0.1, 0.15) is 0 Å². The highest BCUT2D eigenvalue weighted by Crippen LogP contribution is 2.20. The van der Waals surface area contributed by atoms with Crippen LogP contribution in [-0.4, -0.2) is 32.0 Å². The Morgan fingerprint density at radius 1 is 1.19 bits per heavy atom. The van der Waals surface area contributed by atoms with E-state index in [0.717, 1.165) is 23.8 Å². The van der Waals surface area contributed by atoms with Gasteiger partial charge in [-0.05, 0) is 48.7 Å². The van der Waals surface area contributed by atoms with E-state index in [1.807, 2.05) is 19.1 Å². The van der Waals surface area contributed by atoms with Gasteiger partial charge in [-0.3, -0.25) is 9.52 Å². The molecule has 2 rings (SSSR count). The summed E-state index contributed by atoms with van der Waals surface area (Å²) in [6.45, 7) is 4.76. The Morgan fingerprint density at radius 2 is 1.85 bits per heavy atom. The predicted octanol–water partition coefficient (Wildman–Crippen LogP) is 3.29. The summed E-state index contributed by atoms with van der Waals surface area (Å²) < 4.78 is 25.5. The number of benzene rings is 2. The van der Waals surface area contributed by atoms with Gasteiger partial charge in [0.2, 0.25) is 10.0 Å². The highest BCUT2D eigenvalue weighted by Gasteiger charge is 2.17. The van der Waals surface area contributed by atoms with Crippen molar-refractivity contribution in [1.82, 2.24) is 4.90 Å². The number of nitrogens with one attached hydrogen (secondary N) is 1. The van der Waals surface area contributed by atoms with E-state index in [2.05, 4.69) is 10.8 Å². The summed E-state index contributed by atoms with van der Waals surface area (Å²) >= 11 is 0. The molecule has 1 N–H and O–H groups in total. The van der Waals surface area contributed by atoms with E-state index in [9.17, 15) is 13.2 Å². The number of nitriles is 1. The Labute approximate surface area is 160 Å². The van der Waals surface area contributed by atoms with Crippen molar-refractivity contribution >= 4 is 21.6 Å². The van der Waals surface area contributed by atoms with E-state index < -0.39 is 10.0 Å². The number of hydrogen-bond acceptors (Lipinski definition) is 4. The summed E-state index contributed by atoms with van der Waals surface area (Å²) in [6, 6.07) is 14.2. The van der Waals surface area contributed by atoms with Gasteiger partial charge in [0.15, 0.2) is 0 Å². The zero-order chi connectivity index (χ0) is 20.0. The second-order valence-corrected chi connectivity index (χ2v) is 8.19. The van der Waals surface area contributed by atoms with Gasteiger partial charge < -0.3 is 4.90 Å². The third kappa shape index (κ3) is 5.83. The lowest BCUT2D eigenvalue weighted by Gasteiger charge is -2.23. The van der Waals surface area contributed by atoms with Crippen LogP contribution in [0.15, 0.2) is 42.5 Å². The minimum atomic E-state index is -3.43. The molecule has 0 atom stereocenters. The number of carbonyl (C=O) groups excluding carboxylic acids is 1. The van der Waals surface area contributed by atoms with Crippen molar-refractivity contribution in [1.29, 1.82) is 5.26 Å². The highest BCUT2D eigenvalue weighted by molar-refractivity contribution is 7.92. The molecule has 6 nitrogen and oxygen atoms in total. The first-order chi connectivity index (χ1) is 12.7. The molecule has 1 amide bonds. The molecule has 0 unspecified atom stereocenters. The molecule has 142 valence electrons. The van der Waals surface area contributed by atoms with Gasteiger partial charge >= 0.3 is 0 Å². The van der Waals surface area contributed by atoms with Crippen molar-refractivity contribution in [2.75, 3.05) is 17.5 Å². The summed E-state index contributed by atoms with van der Waals surface area (Å²) in [5, 5.41) is 8.90. The molecule has 0 fully saturated rings. The van der Waals surface area contributed by atoms with Crippen molar-refractivity contribution in [3.05, 3.63) is 64.7 Å². The number of rotatable bonds is 7. The molecule has 0 bridgehead atoms. The van der Waals surface area contributed by atoms with Gasteiger partial charge in [-0.25, -0.2) is 8.42 Å². The number of nitrogens with zero attached hydrogens (tertiary/aromatic N) is 2. The second-order valence-electron chi connectivity index (χ2n) is 6.44. The van der Waals surface area contributed by atoms with Gasteiger partial charge in [-0.2, -0.15) is 5.26 Å². The molecule has 7 heteroatoms. The number of hydrogen-bond donors (Lipinski definition) is 1. The molecule has 0 saturated heterocycles. The molecular formula is C20H23N3O3S. The van der Waals surface area contributed by atoms with Crippen molar-refractivity contribution in [2.24, 2.45) is 0 Å². The van der Waals surface area contributed by atoms with Crippen LogP contribution in [0.3, 0.4) is 0 Å². The summed E-state index contributed by atoms with van der Waals surface area (Å²) in [5.74, 6) is -0.169. The summed E-state index contributed by atoms with van der Waals surface area (Å²) in [4.78, 5) is 14.7. The fourth-order valence-electron chi connectivity index (χ4n) is 2.67. The van der Waals surface area contributed by atoms with Crippen LogP contribution in [0.1, 0.15) is 40.4 Å². The van der Waals surface area contributed by atoms with Crippen LogP contribution in [0.2, 0.25) is 0 Å². The molecule has 0 aliphatic heterocycles. The van der Waals surface area contributed by atoms with Crippen LogP contribution in [0.5, 0.6) is 0 Å². The van der Waals surface area contributed by atoms with Crippen LogP contribution in [0, 0.1) is 18.3 Å². The normalized spacial score (nSPS) is 10.9. The van der Waals surface area contributed by atoms with Gasteiger partial charge in [0, 0.05) is 18.7 Å². The Balaban J connectivity index is 2.27. The summed E-state index contributed by atoms with van der Waals surface area (Å²) in [6.07, 6.45) is 1.87. The van der Waals surface area contributed by atoms with E-state index in [-0.39, 0.29) is 5.91 Å². The molecule has 0 radical (unpaired) electrons. The van der Waals surface area contributed by atoms with Crippen LogP contribution in [0.4, 0.5) is 5.69 Å². The molecule has 0 spiro atoms. The number of anilines is 1. The van der Waals surface area contributed by atoms with E-state index in [1.165, 1.54) is 0 Å². The third-order valence-corrected chi connectivity index (χ3v) is 4.61. The molecule has 2 aromatic rings. The average molecular weight is 385 g/mol. The zero-order valence-electron chi connectivity index (χ0n) is 15.7. The fourth-order valence-corrected chi connectivity index (χ4v) is 3.29. The maximum Gasteiger partial charge on any atom is 0.254 e. The van der Waals surface area contributed by atoms with E-state index in [4.69, 9.17) is 5.26 Å². The van der Waals surface area contributed by atoms with Gasteiger partial charge in [0.05, 0.1) is 23.6 Å². The molecule has 0 aliphatic carbocycles. The lowest BCUT2D eigenvalue weighted by molar-refractivity contribution is 0.0743. The topological polar surface area (TPSA) is 90.3 Å². The standard InChI is InChI=1S/C20H23N3O3S/c1-4-11-23(14-17-8-6-16(13-21)7-9-17)20(24)18-10-5-15(2)19(12-18)22-27(3,25)26/h5-10,12,22H,4,11,14H2,1-3H3. The minimum absolute atomic E-state index is 0.169. The number of carbonyl (C=O) groups is 1. The Bertz CT molecular complexity index is 961. The van der Waals surface area contributed by atoms with Gasteiger partial charge in [-0.1, -0.05) is 25.1 Å². The molecule has 2 aromatic carbocycles. The van der Waals surface area contributed by atoms with Gasteiger partial charge in [0.25, 0.3) is 5.91 Å². The number of aryl methyl sites for hydroxylation is 1. The lowest BCUT2D eigenvalue weighted by Crippen LogP contribution is -2.31. The molecule has 0 saturated carbocycles. The quantitative estimate of drug-likeness (QED) is 0.792. The van der Waals surface area contributed by atoms with Crippen LogP contribution < -0.4 is 4.72 Å². The summed E-state index contributed by atoms with van der Waals surface area (Å²) in [7, 11) is -3.43. The van der Waals surface area contributed by atoms with E-state index in [1.54, 1.807) is 42.2 Å². The van der Waals surface area contributed by atoms with Crippen LogP contribution in [-0.2, 0) is 16.6 Å². The maximum absolute atomic E-state index is 13.0. The van der Waals surface area contributed by atoms with Crippen LogP contribution >= 0.6 is 0 Å². The molecule has 27 heavy (non-hydrogen) atoms. The first-order valence-electron chi connectivity index (χ1n) is 8.60. The number of amides is 1. The number of sulfonamides is 1. The predicted molar refractivity (Wildman–Crippen MR) is 106 cm³/mol. The first kappa shape index (κ1) is 20.5. The SMILES string of the molecule is CCCN(Cc1ccc(C#N)cc1)C(=O)c1ccc(C)c(NS(C)(=O)=O)c1. The molecule has 0 aromatic heterocycles. The molecule has 0 heterocycles. The van der Waals surface area contributed by atoms with Crippen molar-refractivity contribution in [3.8, 4) is 6.07 Å². The van der Waals surface area contributed by atoms with Crippen molar-refractivity contribution in [2.45, 2.75) is 26.8 Å². The first-order valence-corrected chi connectivity index (χ1v) is 10.5. The molecular weight excluding hydrogens is 362 g/mol. The average Bonchev–Trinajstić information content (AvgIpc) is 2.62. The lowest BCUT2D eigenvalue weighted by atomic mass is 10.1. The third-order valence-electron chi connectivity index (χ3n) is 4.02. The Morgan fingerprint density at radius 3 is 2.41 bits per heavy atom.